The van der Waals surface area contributed by atoms with Crippen LogP contribution < -0.4 is 0 Å². The quantitative estimate of drug-likeness (QED) is 0.670. The molecule has 0 aliphatic heterocycles. The van der Waals surface area contributed by atoms with Crippen LogP contribution in [0.1, 0.15) is 72.1 Å². The molecule has 0 saturated heterocycles. The summed E-state index contributed by atoms with van der Waals surface area (Å²) >= 11 is 0. The maximum atomic E-state index is 12.4. The average Bonchev–Trinajstić information content (AvgIpc) is 2.65. The lowest BCUT2D eigenvalue weighted by molar-refractivity contribution is -0.165. The second-order valence-corrected chi connectivity index (χ2v) is 9.28. The van der Waals surface area contributed by atoms with Gasteiger partial charge in [-0.15, -0.1) is 0 Å². The molecule has 0 N–H and O–H groups in total. The van der Waals surface area contributed by atoms with Gasteiger partial charge in [0, 0.05) is 24.2 Å². The molecule has 5 unspecified atom stereocenters. The van der Waals surface area contributed by atoms with Crippen LogP contribution in [0.4, 0.5) is 0 Å². The molecule has 5 atom stereocenters. The van der Waals surface area contributed by atoms with Crippen LogP contribution in [0.3, 0.4) is 0 Å². The molecule has 0 aromatic rings. The molecule has 116 valence electrons. The van der Waals surface area contributed by atoms with Crippen molar-refractivity contribution in [3.8, 4) is 0 Å². The summed E-state index contributed by atoms with van der Waals surface area (Å²) in [5, 5.41) is 0. The fourth-order valence-corrected chi connectivity index (χ4v) is 7.20. The maximum absolute atomic E-state index is 12.4. The van der Waals surface area contributed by atoms with E-state index < -0.39 is 0 Å². The Morgan fingerprint density at radius 3 is 2.48 bits per heavy atom. The molecule has 1 spiro atoms. The summed E-state index contributed by atoms with van der Waals surface area (Å²) in [4.78, 5) is 24.7. The third-order valence-electron chi connectivity index (χ3n) is 8.18. The predicted octanol–water partition coefficient (Wildman–Crippen LogP) is 4.17. The number of Topliss-reactive ketones (excluding diaryl/α,β-unsaturated/α-hetero) is 2. The number of carbonyl (C=O) groups is 2. The van der Waals surface area contributed by atoms with Crippen molar-refractivity contribution >= 4 is 11.6 Å². The molecule has 0 aromatic carbocycles. The molecule has 0 radical (unpaired) electrons. The van der Waals surface area contributed by atoms with Crippen LogP contribution in [-0.4, -0.2) is 11.6 Å². The molecule has 2 bridgehead atoms. The molecule has 21 heavy (non-hydrogen) atoms. The molecule has 4 saturated carbocycles. The SMILES string of the molecule is CC1(C)C(=O)CCC2(C)C3CCC4CC3(CCC12)CC4=O. The highest BCUT2D eigenvalue weighted by atomic mass is 16.1. The van der Waals surface area contributed by atoms with E-state index in [4.69, 9.17) is 0 Å². The Morgan fingerprint density at radius 2 is 1.71 bits per heavy atom. The highest BCUT2D eigenvalue weighted by Gasteiger charge is 2.65. The minimum Gasteiger partial charge on any atom is -0.299 e. The van der Waals surface area contributed by atoms with Crippen LogP contribution in [0.5, 0.6) is 0 Å². The smallest absolute Gasteiger partial charge is 0.138 e. The summed E-state index contributed by atoms with van der Waals surface area (Å²) in [6.07, 6.45) is 8.51. The van der Waals surface area contributed by atoms with Gasteiger partial charge in [-0.3, -0.25) is 9.59 Å². The fraction of sp³-hybridized carbons (Fsp3) is 0.895. The standard InChI is InChI=1S/C19H28O2/c1-17(2)14-6-9-19-10-12(13(20)11-19)4-5-15(19)18(14,3)8-7-16(17)21/h12,14-15H,4-11H2,1-3H3. The number of rotatable bonds is 0. The van der Waals surface area contributed by atoms with Crippen molar-refractivity contribution < 1.29 is 9.59 Å². The monoisotopic (exact) mass is 288 g/mol. The molecule has 4 rings (SSSR count). The number of hydrogen-bond acceptors (Lipinski definition) is 2. The van der Waals surface area contributed by atoms with E-state index in [9.17, 15) is 9.59 Å². The molecular formula is C19H28O2. The van der Waals surface area contributed by atoms with Crippen molar-refractivity contribution in [2.24, 2.45) is 34.0 Å². The van der Waals surface area contributed by atoms with Gasteiger partial charge in [-0.05, 0) is 61.2 Å². The fourth-order valence-electron chi connectivity index (χ4n) is 7.20. The summed E-state index contributed by atoms with van der Waals surface area (Å²) in [7, 11) is 0. The van der Waals surface area contributed by atoms with Gasteiger partial charge in [-0.1, -0.05) is 20.8 Å². The summed E-state index contributed by atoms with van der Waals surface area (Å²) < 4.78 is 0. The highest BCUT2D eigenvalue weighted by molar-refractivity contribution is 5.86. The minimum absolute atomic E-state index is 0.159. The Kier molecular flexibility index (Phi) is 2.66. The first kappa shape index (κ1) is 14.0. The number of hydrogen-bond donors (Lipinski definition) is 0. The molecule has 2 nitrogen and oxygen atoms in total. The second-order valence-electron chi connectivity index (χ2n) is 9.28. The van der Waals surface area contributed by atoms with Crippen LogP contribution in [0.2, 0.25) is 0 Å². The van der Waals surface area contributed by atoms with E-state index >= 15 is 0 Å². The second kappa shape index (κ2) is 4.00. The number of carbonyl (C=O) groups excluding carboxylic acids is 2. The molecule has 0 aromatic heterocycles. The van der Waals surface area contributed by atoms with Crippen LogP contribution in [0.15, 0.2) is 0 Å². The van der Waals surface area contributed by atoms with Gasteiger partial charge in [-0.25, -0.2) is 0 Å². The third kappa shape index (κ3) is 1.60. The first-order valence-corrected chi connectivity index (χ1v) is 8.86. The Bertz CT molecular complexity index is 520. The Hall–Kier alpha value is -0.660. The zero-order chi connectivity index (χ0) is 15.0. The van der Waals surface area contributed by atoms with Gasteiger partial charge in [0.1, 0.15) is 11.6 Å². The Labute approximate surface area is 128 Å². The van der Waals surface area contributed by atoms with E-state index in [1.807, 2.05) is 0 Å². The van der Waals surface area contributed by atoms with E-state index in [1.54, 1.807) is 0 Å². The first-order valence-electron chi connectivity index (χ1n) is 8.86. The molecule has 4 aliphatic carbocycles. The van der Waals surface area contributed by atoms with Gasteiger partial charge >= 0.3 is 0 Å². The summed E-state index contributed by atoms with van der Waals surface area (Å²) in [6.45, 7) is 6.82. The van der Waals surface area contributed by atoms with E-state index in [0.717, 1.165) is 38.5 Å². The van der Waals surface area contributed by atoms with Crippen LogP contribution in [0, 0.1) is 34.0 Å². The van der Waals surface area contributed by atoms with Gasteiger partial charge in [0.05, 0.1) is 0 Å². The van der Waals surface area contributed by atoms with Crippen LogP contribution in [-0.2, 0) is 9.59 Å². The van der Waals surface area contributed by atoms with E-state index in [1.165, 1.54) is 12.8 Å². The number of ketones is 2. The van der Waals surface area contributed by atoms with Gasteiger partial charge in [0.25, 0.3) is 0 Å². The molecule has 4 fully saturated rings. The van der Waals surface area contributed by atoms with Crippen LogP contribution >= 0.6 is 0 Å². The summed E-state index contributed by atoms with van der Waals surface area (Å²) in [5.41, 5.74) is 0.432. The highest BCUT2D eigenvalue weighted by Crippen LogP contribution is 2.70. The maximum Gasteiger partial charge on any atom is 0.138 e. The van der Waals surface area contributed by atoms with Gasteiger partial charge in [-0.2, -0.15) is 0 Å². The lowest BCUT2D eigenvalue weighted by Gasteiger charge is -2.63. The Balaban J connectivity index is 1.75. The summed E-state index contributed by atoms with van der Waals surface area (Å²) in [6, 6.07) is 0. The van der Waals surface area contributed by atoms with Crippen molar-refractivity contribution in [1.82, 2.24) is 0 Å². The van der Waals surface area contributed by atoms with E-state index in [2.05, 4.69) is 20.8 Å². The lowest BCUT2D eigenvalue weighted by atomic mass is 9.41. The molecule has 4 aliphatic rings. The number of fused-ring (bicyclic) bond motifs is 3. The van der Waals surface area contributed by atoms with Gasteiger partial charge in [0.2, 0.25) is 0 Å². The van der Waals surface area contributed by atoms with Crippen molar-refractivity contribution in [3.05, 3.63) is 0 Å². The average molecular weight is 288 g/mol. The van der Waals surface area contributed by atoms with Crippen molar-refractivity contribution in [2.45, 2.75) is 72.1 Å². The van der Waals surface area contributed by atoms with Crippen molar-refractivity contribution in [3.63, 3.8) is 0 Å². The van der Waals surface area contributed by atoms with E-state index in [-0.39, 0.29) is 10.8 Å². The van der Waals surface area contributed by atoms with Gasteiger partial charge < -0.3 is 0 Å². The third-order valence-corrected chi connectivity index (χ3v) is 8.18. The Morgan fingerprint density at radius 1 is 0.952 bits per heavy atom. The zero-order valence-electron chi connectivity index (χ0n) is 13.7. The topological polar surface area (TPSA) is 34.1 Å². The normalized spacial score (nSPS) is 51.5. The largest absolute Gasteiger partial charge is 0.299 e. The van der Waals surface area contributed by atoms with Crippen molar-refractivity contribution in [1.29, 1.82) is 0 Å². The van der Waals surface area contributed by atoms with Gasteiger partial charge in [0.15, 0.2) is 0 Å². The molecule has 0 heterocycles. The predicted molar refractivity (Wildman–Crippen MR) is 81.7 cm³/mol. The first-order chi connectivity index (χ1) is 9.80. The molecule has 0 amide bonds. The molecular weight excluding hydrogens is 260 g/mol. The van der Waals surface area contributed by atoms with Crippen LogP contribution in [0.25, 0.3) is 0 Å². The molecule has 2 heteroatoms. The van der Waals surface area contributed by atoms with Crippen molar-refractivity contribution in [2.75, 3.05) is 0 Å². The zero-order valence-corrected chi connectivity index (χ0v) is 13.7. The lowest BCUT2D eigenvalue weighted by Crippen LogP contribution is -2.58. The van der Waals surface area contributed by atoms with E-state index in [0.29, 0.717) is 34.7 Å². The summed E-state index contributed by atoms with van der Waals surface area (Å²) in [5.74, 6) is 2.59. The minimum atomic E-state index is -0.159.